The fourth-order valence-electron chi connectivity index (χ4n) is 3.10. The first-order chi connectivity index (χ1) is 13.0. The van der Waals surface area contributed by atoms with E-state index in [1.54, 1.807) is 12.1 Å². The van der Waals surface area contributed by atoms with Crippen molar-refractivity contribution in [3.63, 3.8) is 0 Å². The second-order valence-corrected chi connectivity index (χ2v) is 7.99. The second kappa shape index (κ2) is 6.71. The zero-order valence-corrected chi connectivity index (χ0v) is 14.8. The Labute approximate surface area is 154 Å². The monoisotopic (exact) mass is 390 g/mol. The van der Waals surface area contributed by atoms with Crippen LogP contribution in [0.2, 0.25) is 0 Å². The molecule has 1 fully saturated rings. The number of hydrogen-bond acceptors (Lipinski definition) is 6. The molecule has 1 unspecified atom stereocenters. The molecular formula is C17H15FN4O4S. The molecule has 0 bridgehead atoms. The van der Waals surface area contributed by atoms with Crippen LogP contribution in [0.4, 0.5) is 10.2 Å². The van der Waals surface area contributed by atoms with Crippen molar-refractivity contribution >= 4 is 32.8 Å². The van der Waals surface area contributed by atoms with Crippen LogP contribution >= 0.6 is 0 Å². The third-order valence-corrected chi connectivity index (χ3v) is 6.34. The molecule has 1 aliphatic heterocycles. The number of hydrogen-bond donors (Lipinski definition) is 1. The number of rotatable bonds is 4. The predicted octanol–water partition coefficient (Wildman–Crippen LogP) is 2.15. The van der Waals surface area contributed by atoms with E-state index in [4.69, 9.17) is 4.52 Å². The van der Waals surface area contributed by atoms with Gasteiger partial charge in [0.25, 0.3) is 5.71 Å². The number of benzene rings is 1. The maximum Gasteiger partial charge on any atom is 0.259 e. The molecule has 1 aromatic carbocycles. The Kier molecular flexibility index (Phi) is 4.36. The number of nitrogens with one attached hydrogen (secondary N) is 1. The Morgan fingerprint density at radius 2 is 2.04 bits per heavy atom. The Balaban J connectivity index is 1.59. The normalized spacial score (nSPS) is 18.0. The largest absolute Gasteiger partial charge is 0.334 e. The molecular weight excluding hydrogens is 375 g/mol. The van der Waals surface area contributed by atoms with Gasteiger partial charge in [-0.1, -0.05) is 5.16 Å². The highest BCUT2D eigenvalue weighted by molar-refractivity contribution is 7.89. The van der Waals surface area contributed by atoms with Crippen LogP contribution in [0, 0.1) is 5.82 Å². The maximum atomic E-state index is 13.1. The average Bonchev–Trinajstić information content (AvgIpc) is 3.30. The lowest BCUT2D eigenvalue weighted by Crippen LogP contribution is -2.43. The summed E-state index contributed by atoms with van der Waals surface area (Å²) < 4.78 is 45.0. The van der Waals surface area contributed by atoms with Gasteiger partial charge in [0, 0.05) is 12.7 Å². The molecule has 1 N–H and O–H groups in total. The summed E-state index contributed by atoms with van der Waals surface area (Å²) in [4.78, 5) is 16.7. The molecule has 4 rings (SSSR count). The number of carbonyl (C=O) groups excluding carboxylic acids is 1. The van der Waals surface area contributed by atoms with Crippen LogP contribution < -0.4 is 5.32 Å². The Bertz CT molecular complexity index is 1100. The Morgan fingerprint density at radius 3 is 2.81 bits per heavy atom. The van der Waals surface area contributed by atoms with Crippen molar-refractivity contribution < 1.29 is 22.1 Å². The number of anilines is 1. The molecule has 3 aromatic rings. The molecule has 0 spiro atoms. The van der Waals surface area contributed by atoms with E-state index >= 15 is 0 Å². The number of aromatic nitrogens is 2. The van der Waals surface area contributed by atoms with E-state index in [1.165, 1.54) is 18.3 Å². The van der Waals surface area contributed by atoms with E-state index in [9.17, 15) is 17.6 Å². The van der Waals surface area contributed by atoms with Gasteiger partial charge in [-0.2, -0.15) is 4.31 Å². The van der Waals surface area contributed by atoms with Gasteiger partial charge in [0.05, 0.1) is 10.3 Å². The summed E-state index contributed by atoms with van der Waals surface area (Å²) in [7, 11) is -3.92. The second-order valence-electron chi connectivity index (χ2n) is 6.10. The third kappa shape index (κ3) is 3.17. The zero-order valence-electron chi connectivity index (χ0n) is 14.0. The molecule has 8 nitrogen and oxygen atoms in total. The quantitative estimate of drug-likeness (QED) is 0.732. The van der Waals surface area contributed by atoms with Crippen LogP contribution in [0.5, 0.6) is 0 Å². The van der Waals surface area contributed by atoms with Crippen LogP contribution in [0.3, 0.4) is 0 Å². The predicted molar refractivity (Wildman–Crippen MR) is 93.7 cm³/mol. The molecule has 1 amide bonds. The molecule has 27 heavy (non-hydrogen) atoms. The minimum atomic E-state index is -3.92. The number of nitrogens with zero attached hydrogens (tertiary/aromatic N) is 3. The molecule has 0 saturated carbocycles. The highest BCUT2D eigenvalue weighted by Crippen LogP contribution is 2.28. The summed E-state index contributed by atoms with van der Waals surface area (Å²) in [5.74, 6) is -0.845. The van der Waals surface area contributed by atoms with Crippen LogP contribution in [0.1, 0.15) is 12.8 Å². The highest BCUT2D eigenvalue weighted by atomic mass is 32.2. The summed E-state index contributed by atoms with van der Waals surface area (Å²) in [6, 6.07) is 7.01. The molecule has 1 aliphatic rings. The van der Waals surface area contributed by atoms with Crippen molar-refractivity contribution in [2.45, 2.75) is 23.8 Å². The molecule has 3 heterocycles. The SMILES string of the molecule is O=C(Nc1noc2ncccc12)C1CCCN1S(=O)(=O)c1ccc(F)cc1. The molecule has 1 atom stereocenters. The first kappa shape index (κ1) is 17.6. The van der Waals surface area contributed by atoms with E-state index in [-0.39, 0.29) is 23.0 Å². The first-order valence-corrected chi connectivity index (χ1v) is 9.69. The molecule has 1 saturated heterocycles. The van der Waals surface area contributed by atoms with Crippen LogP contribution in [-0.2, 0) is 14.8 Å². The number of halogens is 1. The summed E-state index contributed by atoms with van der Waals surface area (Å²) in [6.45, 7) is 0.207. The fraction of sp³-hybridized carbons (Fsp3) is 0.235. The van der Waals surface area contributed by atoms with Gasteiger partial charge < -0.3 is 9.84 Å². The van der Waals surface area contributed by atoms with Crippen molar-refractivity contribution in [2.24, 2.45) is 0 Å². The summed E-state index contributed by atoms with van der Waals surface area (Å²) >= 11 is 0. The Morgan fingerprint density at radius 1 is 1.26 bits per heavy atom. The van der Waals surface area contributed by atoms with Crippen molar-refractivity contribution in [1.29, 1.82) is 0 Å². The average molecular weight is 390 g/mol. The van der Waals surface area contributed by atoms with Crippen LogP contribution in [0.25, 0.3) is 11.1 Å². The minimum Gasteiger partial charge on any atom is -0.334 e. The van der Waals surface area contributed by atoms with Gasteiger partial charge in [0.2, 0.25) is 15.9 Å². The van der Waals surface area contributed by atoms with Crippen molar-refractivity contribution in [1.82, 2.24) is 14.4 Å². The van der Waals surface area contributed by atoms with Gasteiger partial charge in [-0.25, -0.2) is 17.8 Å². The van der Waals surface area contributed by atoms with E-state index < -0.39 is 27.8 Å². The third-order valence-electron chi connectivity index (χ3n) is 4.42. The topological polar surface area (TPSA) is 105 Å². The van der Waals surface area contributed by atoms with Gasteiger partial charge in [-0.05, 0) is 49.2 Å². The van der Waals surface area contributed by atoms with Crippen LogP contribution in [0.15, 0.2) is 52.0 Å². The van der Waals surface area contributed by atoms with E-state index in [0.717, 1.165) is 16.4 Å². The number of pyridine rings is 1. The van der Waals surface area contributed by atoms with Crippen molar-refractivity contribution in [3.05, 3.63) is 48.4 Å². The lowest BCUT2D eigenvalue weighted by Gasteiger charge is -2.23. The lowest BCUT2D eigenvalue weighted by molar-refractivity contribution is -0.119. The number of carbonyl (C=O) groups is 1. The first-order valence-electron chi connectivity index (χ1n) is 8.25. The van der Waals surface area contributed by atoms with E-state index in [2.05, 4.69) is 15.5 Å². The highest BCUT2D eigenvalue weighted by Gasteiger charge is 2.39. The number of amides is 1. The summed E-state index contributed by atoms with van der Waals surface area (Å²) in [5, 5.41) is 6.93. The molecule has 0 aliphatic carbocycles. The van der Waals surface area contributed by atoms with Gasteiger partial charge in [0.1, 0.15) is 11.9 Å². The number of fused-ring (bicyclic) bond motifs is 1. The number of sulfonamides is 1. The Hall–Kier alpha value is -2.85. The zero-order chi connectivity index (χ0) is 19.0. The van der Waals surface area contributed by atoms with Gasteiger partial charge in [0.15, 0.2) is 5.82 Å². The molecule has 10 heteroatoms. The van der Waals surface area contributed by atoms with E-state index in [0.29, 0.717) is 18.2 Å². The van der Waals surface area contributed by atoms with Gasteiger partial charge in [-0.15, -0.1) is 0 Å². The van der Waals surface area contributed by atoms with Crippen molar-refractivity contribution in [3.8, 4) is 0 Å². The smallest absolute Gasteiger partial charge is 0.259 e. The fourth-order valence-corrected chi connectivity index (χ4v) is 4.76. The van der Waals surface area contributed by atoms with Gasteiger partial charge in [-0.3, -0.25) is 4.79 Å². The standard InChI is InChI=1S/C17H15FN4O4S/c18-11-5-7-12(8-6-11)27(24,25)22-10-2-4-14(22)16(23)20-15-13-3-1-9-19-17(13)26-21-15/h1,3,5-9,14H,2,4,10H2,(H,20,21,23). The lowest BCUT2D eigenvalue weighted by atomic mass is 10.2. The maximum absolute atomic E-state index is 13.1. The van der Waals surface area contributed by atoms with Gasteiger partial charge >= 0.3 is 0 Å². The minimum absolute atomic E-state index is 0.0558. The molecule has 2 aromatic heterocycles. The molecule has 0 radical (unpaired) electrons. The summed E-state index contributed by atoms with van der Waals surface area (Å²) in [5.41, 5.74) is 0.273. The summed E-state index contributed by atoms with van der Waals surface area (Å²) in [6.07, 6.45) is 2.45. The van der Waals surface area contributed by atoms with E-state index in [1.807, 2.05) is 0 Å². The van der Waals surface area contributed by atoms with Crippen molar-refractivity contribution in [2.75, 3.05) is 11.9 Å². The molecule has 140 valence electrons. The van der Waals surface area contributed by atoms with Crippen LogP contribution in [-0.4, -0.2) is 41.4 Å².